The summed E-state index contributed by atoms with van der Waals surface area (Å²) in [6.07, 6.45) is 2.95. The highest BCUT2D eigenvalue weighted by Gasteiger charge is 2.25. The zero-order valence-electron chi connectivity index (χ0n) is 15.5. The highest BCUT2D eigenvalue weighted by atomic mass is 16.2. The molecule has 0 N–H and O–H groups in total. The monoisotopic (exact) mass is 365 g/mol. The number of rotatable bonds is 3. The molecule has 2 amide bonds. The molecule has 0 radical (unpaired) electrons. The van der Waals surface area contributed by atoms with Crippen LogP contribution in [-0.2, 0) is 11.2 Å². The van der Waals surface area contributed by atoms with E-state index in [1.165, 1.54) is 5.56 Å². The van der Waals surface area contributed by atoms with Gasteiger partial charge < -0.3 is 14.7 Å². The molecule has 2 aliphatic rings. The number of fused-ring (bicyclic) bond motifs is 1. The van der Waals surface area contributed by atoms with Crippen LogP contribution >= 0.6 is 0 Å². The van der Waals surface area contributed by atoms with Gasteiger partial charge in [-0.2, -0.15) is 0 Å². The van der Waals surface area contributed by atoms with E-state index in [9.17, 15) is 9.59 Å². The van der Waals surface area contributed by atoms with Gasteiger partial charge in [0, 0.05) is 44.5 Å². The molecule has 0 saturated carbocycles. The molecule has 7 heteroatoms. The number of carbonyl (C=O) groups is 2. The van der Waals surface area contributed by atoms with Crippen LogP contribution in [0.3, 0.4) is 0 Å². The van der Waals surface area contributed by atoms with E-state index in [2.05, 4.69) is 33.1 Å². The lowest BCUT2D eigenvalue weighted by Crippen LogP contribution is -2.48. The fourth-order valence-electron chi connectivity index (χ4n) is 3.76. The zero-order chi connectivity index (χ0) is 18.8. The summed E-state index contributed by atoms with van der Waals surface area (Å²) in [5, 5.41) is 0. The Balaban J connectivity index is 1.61. The van der Waals surface area contributed by atoms with E-state index < -0.39 is 0 Å². The standard InChI is InChI=1S/C20H23N5O2/c1-15-21-17(20(27)24-11-9-23(14-26)10-12-24)13-19(22-15)25-8-4-6-16-5-2-3-7-18(16)25/h2-3,5,7,13-14H,4,6,8-12H2,1H3. The van der Waals surface area contributed by atoms with Crippen molar-refractivity contribution in [3.63, 3.8) is 0 Å². The third-order valence-corrected chi connectivity index (χ3v) is 5.18. The molecule has 2 aromatic rings. The number of hydrogen-bond donors (Lipinski definition) is 0. The van der Waals surface area contributed by atoms with Crippen LogP contribution in [0.25, 0.3) is 0 Å². The molecule has 7 nitrogen and oxygen atoms in total. The summed E-state index contributed by atoms with van der Waals surface area (Å²) in [6, 6.07) is 10.1. The largest absolute Gasteiger partial charge is 0.342 e. The molecule has 3 heterocycles. The Morgan fingerprint density at radius 3 is 2.63 bits per heavy atom. The molecule has 1 fully saturated rings. The number of para-hydroxylation sites is 1. The fourth-order valence-corrected chi connectivity index (χ4v) is 3.76. The molecule has 2 aliphatic heterocycles. The minimum absolute atomic E-state index is 0.0995. The van der Waals surface area contributed by atoms with Crippen molar-refractivity contribution in [1.29, 1.82) is 0 Å². The van der Waals surface area contributed by atoms with Gasteiger partial charge in [-0.05, 0) is 31.4 Å². The number of piperazine rings is 1. The summed E-state index contributed by atoms with van der Waals surface area (Å²) in [4.78, 5) is 38.4. The van der Waals surface area contributed by atoms with Crippen LogP contribution in [0, 0.1) is 6.92 Å². The van der Waals surface area contributed by atoms with E-state index >= 15 is 0 Å². The van der Waals surface area contributed by atoms with Gasteiger partial charge in [-0.1, -0.05) is 18.2 Å². The Morgan fingerprint density at radius 2 is 1.85 bits per heavy atom. The number of amides is 2. The first kappa shape index (κ1) is 17.5. The second-order valence-electron chi connectivity index (χ2n) is 6.98. The van der Waals surface area contributed by atoms with E-state index in [-0.39, 0.29) is 5.91 Å². The van der Waals surface area contributed by atoms with Crippen molar-refractivity contribution in [2.45, 2.75) is 19.8 Å². The molecule has 140 valence electrons. The van der Waals surface area contributed by atoms with Crippen molar-refractivity contribution in [3.8, 4) is 0 Å². The van der Waals surface area contributed by atoms with Gasteiger partial charge in [0.2, 0.25) is 6.41 Å². The molecular weight excluding hydrogens is 342 g/mol. The summed E-state index contributed by atoms with van der Waals surface area (Å²) < 4.78 is 0. The van der Waals surface area contributed by atoms with Gasteiger partial charge in [0.15, 0.2) is 0 Å². The van der Waals surface area contributed by atoms with Crippen LogP contribution in [-0.4, -0.2) is 64.8 Å². The predicted octanol–water partition coefficient (Wildman–Crippen LogP) is 1.78. The molecule has 1 aromatic heterocycles. The molecule has 1 aromatic carbocycles. The van der Waals surface area contributed by atoms with Crippen molar-refractivity contribution >= 4 is 23.8 Å². The van der Waals surface area contributed by atoms with Crippen molar-refractivity contribution in [1.82, 2.24) is 19.8 Å². The highest BCUT2D eigenvalue weighted by Crippen LogP contribution is 2.32. The smallest absolute Gasteiger partial charge is 0.272 e. The maximum absolute atomic E-state index is 12.9. The van der Waals surface area contributed by atoms with E-state index in [1.54, 1.807) is 15.9 Å². The predicted molar refractivity (Wildman–Crippen MR) is 102 cm³/mol. The Kier molecular flexibility index (Phi) is 4.75. The van der Waals surface area contributed by atoms with Crippen LogP contribution in [0.4, 0.5) is 11.5 Å². The summed E-state index contributed by atoms with van der Waals surface area (Å²) in [5.41, 5.74) is 2.87. The lowest BCUT2D eigenvalue weighted by molar-refractivity contribution is -0.119. The van der Waals surface area contributed by atoms with Gasteiger partial charge >= 0.3 is 0 Å². The van der Waals surface area contributed by atoms with Crippen LogP contribution in [0.5, 0.6) is 0 Å². The molecular formula is C20H23N5O2. The molecule has 1 saturated heterocycles. The number of hydrogen-bond acceptors (Lipinski definition) is 5. The Hall–Kier alpha value is -2.96. The molecule has 0 atom stereocenters. The van der Waals surface area contributed by atoms with Gasteiger partial charge in [0.25, 0.3) is 5.91 Å². The number of carbonyl (C=O) groups excluding carboxylic acids is 2. The zero-order valence-corrected chi connectivity index (χ0v) is 15.5. The number of aryl methyl sites for hydroxylation is 2. The summed E-state index contributed by atoms with van der Waals surface area (Å²) >= 11 is 0. The van der Waals surface area contributed by atoms with Crippen molar-refractivity contribution in [2.75, 3.05) is 37.6 Å². The number of benzene rings is 1. The first-order valence-electron chi connectivity index (χ1n) is 9.35. The minimum atomic E-state index is -0.0995. The Labute approximate surface area is 158 Å². The first-order valence-corrected chi connectivity index (χ1v) is 9.35. The second-order valence-corrected chi connectivity index (χ2v) is 6.98. The van der Waals surface area contributed by atoms with Gasteiger partial charge in [0.1, 0.15) is 17.3 Å². The summed E-state index contributed by atoms with van der Waals surface area (Å²) in [5.74, 6) is 1.26. The normalized spacial score (nSPS) is 16.9. The van der Waals surface area contributed by atoms with Gasteiger partial charge in [-0.3, -0.25) is 9.59 Å². The van der Waals surface area contributed by atoms with Crippen LogP contribution in [0.2, 0.25) is 0 Å². The van der Waals surface area contributed by atoms with E-state index in [4.69, 9.17) is 0 Å². The average molecular weight is 365 g/mol. The average Bonchev–Trinajstić information content (AvgIpc) is 2.72. The molecule has 0 spiro atoms. The van der Waals surface area contributed by atoms with Crippen LogP contribution in [0.15, 0.2) is 30.3 Å². The van der Waals surface area contributed by atoms with Gasteiger partial charge in [0.05, 0.1) is 0 Å². The Bertz CT molecular complexity index is 861. The molecule has 27 heavy (non-hydrogen) atoms. The van der Waals surface area contributed by atoms with Crippen LogP contribution in [0.1, 0.15) is 28.3 Å². The van der Waals surface area contributed by atoms with Crippen molar-refractivity contribution < 1.29 is 9.59 Å². The topological polar surface area (TPSA) is 69.6 Å². The number of nitrogens with zero attached hydrogens (tertiary/aromatic N) is 5. The second kappa shape index (κ2) is 7.34. The summed E-state index contributed by atoms with van der Waals surface area (Å²) in [7, 11) is 0. The lowest BCUT2D eigenvalue weighted by Gasteiger charge is -2.33. The van der Waals surface area contributed by atoms with Crippen molar-refractivity contribution in [2.24, 2.45) is 0 Å². The first-order chi connectivity index (χ1) is 13.2. The summed E-state index contributed by atoms with van der Waals surface area (Å²) in [6.45, 7) is 4.88. The Morgan fingerprint density at radius 1 is 1.07 bits per heavy atom. The van der Waals surface area contributed by atoms with E-state index in [1.807, 2.05) is 13.0 Å². The molecule has 0 bridgehead atoms. The maximum Gasteiger partial charge on any atom is 0.272 e. The minimum Gasteiger partial charge on any atom is -0.342 e. The molecule has 4 rings (SSSR count). The van der Waals surface area contributed by atoms with E-state index in [0.717, 1.165) is 37.3 Å². The van der Waals surface area contributed by atoms with Gasteiger partial charge in [-0.15, -0.1) is 0 Å². The van der Waals surface area contributed by atoms with E-state index in [0.29, 0.717) is 37.7 Å². The van der Waals surface area contributed by atoms with Crippen molar-refractivity contribution in [3.05, 3.63) is 47.4 Å². The lowest BCUT2D eigenvalue weighted by atomic mass is 10.0. The third kappa shape index (κ3) is 3.49. The van der Waals surface area contributed by atoms with Crippen LogP contribution < -0.4 is 4.90 Å². The molecule has 0 unspecified atom stereocenters. The number of aromatic nitrogens is 2. The number of anilines is 2. The maximum atomic E-state index is 12.9. The SMILES string of the molecule is Cc1nc(C(=O)N2CCN(C=O)CC2)cc(N2CCCc3ccccc32)n1. The quantitative estimate of drug-likeness (QED) is 0.776. The van der Waals surface area contributed by atoms with Gasteiger partial charge in [-0.25, -0.2) is 9.97 Å². The molecule has 0 aliphatic carbocycles. The highest BCUT2D eigenvalue weighted by molar-refractivity contribution is 5.93. The third-order valence-electron chi connectivity index (χ3n) is 5.18. The fraction of sp³-hybridized carbons (Fsp3) is 0.400.